The van der Waals surface area contributed by atoms with Crippen molar-refractivity contribution >= 4 is 17.7 Å². The summed E-state index contributed by atoms with van der Waals surface area (Å²) in [6, 6.07) is 10.0. The second kappa shape index (κ2) is 10.3. The van der Waals surface area contributed by atoms with E-state index in [1.807, 2.05) is 39.0 Å². The Morgan fingerprint density at radius 2 is 1.87 bits per heavy atom. The van der Waals surface area contributed by atoms with E-state index in [2.05, 4.69) is 10.6 Å². The third kappa shape index (κ3) is 5.96. The van der Waals surface area contributed by atoms with Crippen LogP contribution >= 0.6 is 0 Å². The van der Waals surface area contributed by atoms with Gasteiger partial charge in [0, 0.05) is 25.2 Å². The van der Waals surface area contributed by atoms with Gasteiger partial charge in [-0.2, -0.15) is 0 Å². The van der Waals surface area contributed by atoms with E-state index in [4.69, 9.17) is 4.42 Å². The van der Waals surface area contributed by atoms with Crippen LogP contribution in [-0.4, -0.2) is 48.3 Å². The van der Waals surface area contributed by atoms with Gasteiger partial charge in [0.2, 0.25) is 5.91 Å². The fraction of sp³-hybridized carbons (Fsp3) is 0.458. The average molecular weight is 426 g/mol. The number of benzene rings is 1. The Labute approximate surface area is 183 Å². The molecule has 0 aliphatic carbocycles. The van der Waals surface area contributed by atoms with Gasteiger partial charge in [0.1, 0.15) is 6.04 Å². The number of nitrogens with zero attached hydrogens (tertiary/aromatic N) is 1. The molecule has 166 valence electrons. The lowest BCUT2D eigenvalue weighted by atomic mass is 9.88. The predicted molar refractivity (Wildman–Crippen MR) is 118 cm³/mol. The van der Waals surface area contributed by atoms with Crippen LogP contribution < -0.4 is 10.6 Å². The van der Waals surface area contributed by atoms with Crippen LogP contribution in [0.5, 0.6) is 0 Å². The summed E-state index contributed by atoms with van der Waals surface area (Å²) >= 11 is 0. The van der Waals surface area contributed by atoms with Gasteiger partial charge in [-0.25, -0.2) is 0 Å². The van der Waals surface area contributed by atoms with Crippen molar-refractivity contribution in [1.29, 1.82) is 0 Å². The maximum atomic E-state index is 13.0. The Morgan fingerprint density at radius 1 is 1.13 bits per heavy atom. The zero-order valence-corrected chi connectivity index (χ0v) is 18.4. The van der Waals surface area contributed by atoms with Crippen molar-refractivity contribution in [1.82, 2.24) is 15.5 Å². The summed E-state index contributed by atoms with van der Waals surface area (Å²) in [4.78, 5) is 40.1. The molecule has 3 amide bonds. The van der Waals surface area contributed by atoms with Gasteiger partial charge in [-0.15, -0.1) is 0 Å². The van der Waals surface area contributed by atoms with E-state index in [1.54, 1.807) is 23.1 Å². The Bertz CT molecular complexity index is 899. The van der Waals surface area contributed by atoms with Crippen LogP contribution in [0.3, 0.4) is 0 Å². The molecule has 0 bridgehead atoms. The van der Waals surface area contributed by atoms with Crippen molar-refractivity contribution in [3.05, 3.63) is 59.5 Å². The summed E-state index contributed by atoms with van der Waals surface area (Å²) < 4.78 is 5.21. The molecule has 31 heavy (non-hydrogen) atoms. The quantitative estimate of drug-likeness (QED) is 0.713. The molecule has 7 heteroatoms. The molecule has 1 aromatic carbocycles. The van der Waals surface area contributed by atoms with Gasteiger partial charge in [0.05, 0.1) is 6.26 Å². The number of carbonyl (C=O) groups excluding carboxylic acids is 3. The van der Waals surface area contributed by atoms with Crippen LogP contribution in [0.15, 0.2) is 47.1 Å². The fourth-order valence-corrected chi connectivity index (χ4v) is 3.81. The Morgan fingerprint density at radius 3 is 2.48 bits per heavy atom. The third-order valence-corrected chi connectivity index (χ3v) is 5.56. The van der Waals surface area contributed by atoms with Crippen molar-refractivity contribution in [2.45, 2.75) is 39.7 Å². The molecule has 0 spiro atoms. The first-order valence-electron chi connectivity index (χ1n) is 10.8. The number of rotatable bonds is 7. The molecule has 3 rings (SSSR count). The van der Waals surface area contributed by atoms with Gasteiger partial charge in [-0.1, -0.05) is 31.5 Å². The highest BCUT2D eigenvalue weighted by molar-refractivity contribution is 5.97. The highest BCUT2D eigenvalue weighted by atomic mass is 16.3. The lowest BCUT2D eigenvalue weighted by Gasteiger charge is -2.35. The summed E-state index contributed by atoms with van der Waals surface area (Å²) in [7, 11) is 0. The first kappa shape index (κ1) is 22.6. The van der Waals surface area contributed by atoms with Crippen molar-refractivity contribution in [3.8, 4) is 0 Å². The standard InChI is InChI=1S/C24H31N3O4/c1-16(2)15-25-23(29)21(26-22(28)19-7-4-6-17(3)14-19)18-9-11-27(12-10-18)24(30)20-8-5-13-31-20/h4-8,13-14,16,18,21H,9-12,15H2,1-3H3,(H,25,29)(H,26,28). The van der Waals surface area contributed by atoms with Crippen LogP contribution in [-0.2, 0) is 4.79 Å². The highest BCUT2D eigenvalue weighted by Crippen LogP contribution is 2.23. The van der Waals surface area contributed by atoms with Crippen molar-refractivity contribution in [2.75, 3.05) is 19.6 Å². The fourth-order valence-electron chi connectivity index (χ4n) is 3.81. The minimum absolute atomic E-state index is 0.0541. The minimum Gasteiger partial charge on any atom is -0.459 e. The van der Waals surface area contributed by atoms with Crippen LogP contribution in [0.2, 0.25) is 0 Å². The van der Waals surface area contributed by atoms with Crippen LogP contribution in [0, 0.1) is 18.8 Å². The molecular weight excluding hydrogens is 394 g/mol. The van der Waals surface area contributed by atoms with Crippen LogP contribution in [0.4, 0.5) is 0 Å². The molecule has 1 aromatic heterocycles. The number of aryl methyl sites for hydroxylation is 1. The van der Waals surface area contributed by atoms with E-state index >= 15 is 0 Å². The van der Waals surface area contributed by atoms with E-state index in [0.717, 1.165) is 5.56 Å². The van der Waals surface area contributed by atoms with Gasteiger partial charge in [-0.3, -0.25) is 14.4 Å². The van der Waals surface area contributed by atoms with E-state index in [9.17, 15) is 14.4 Å². The van der Waals surface area contributed by atoms with Crippen molar-refractivity contribution in [2.24, 2.45) is 11.8 Å². The molecule has 2 N–H and O–H groups in total. The number of carbonyl (C=O) groups is 3. The Kier molecular flexibility index (Phi) is 7.50. The third-order valence-electron chi connectivity index (χ3n) is 5.56. The Hall–Kier alpha value is -3.09. The Balaban J connectivity index is 1.68. The largest absolute Gasteiger partial charge is 0.459 e. The molecule has 1 fully saturated rings. The molecule has 1 unspecified atom stereocenters. The molecule has 1 aliphatic heterocycles. The number of hydrogen-bond donors (Lipinski definition) is 2. The summed E-state index contributed by atoms with van der Waals surface area (Å²) in [6.45, 7) is 7.55. The first-order valence-corrected chi connectivity index (χ1v) is 10.8. The van der Waals surface area contributed by atoms with E-state index in [-0.39, 0.29) is 23.6 Å². The summed E-state index contributed by atoms with van der Waals surface area (Å²) in [5, 5.41) is 5.91. The van der Waals surface area contributed by atoms with Crippen LogP contribution in [0.25, 0.3) is 0 Å². The molecule has 0 radical (unpaired) electrons. The van der Waals surface area contributed by atoms with Crippen molar-refractivity contribution < 1.29 is 18.8 Å². The van der Waals surface area contributed by atoms with Crippen LogP contribution in [0.1, 0.15) is 53.2 Å². The zero-order valence-electron chi connectivity index (χ0n) is 18.4. The number of hydrogen-bond acceptors (Lipinski definition) is 4. The smallest absolute Gasteiger partial charge is 0.289 e. The van der Waals surface area contributed by atoms with Gasteiger partial charge in [0.15, 0.2) is 5.76 Å². The minimum atomic E-state index is -0.646. The topological polar surface area (TPSA) is 91.7 Å². The predicted octanol–water partition coefficient (Wildman–Crippen LogP) is 3.01. The second-order valence-corrected chi connectivity index (χ2v) is 8.57. The summed E-state index contributed by atoms with van der Waals surface area (Å²) in [5.74, 6) is -0.00936. The van der Waals surface area contributed by atoms with Crippen molar-refractivity contribution in [3.63, 3.8) is 0 Å². The zero-order chi connectivity index (χ0) is 22.4. The number of piperidine rings is 1. The number of likely N-dealkylation sites (tertiary alicyclic amines) is 1. The number of furan rings is 1. The lowest BCUT2D eigenvalue weighted by Crippen LogP contribution is -2.54. The average Bonchev–Trinajstić information content (AvgIpc) is 3.30. The van der Waals surface area contributed by atoms with Gasteiger partial charge >= 0.3 is 0 Å². The van der Waals surface area contributed by atoms with E-state index in [1.165, 1.54) is 6.26 Å². The molecule has 2 aromatic rings. The molecule has 0 saturated carbocycles. The van der Waals surface area contributed by atoms with Gasteiger partial charge in [-0.05, 0) is 55.9 Å². The molecular formula is C24H31N3O4. The number of nitrogens with one attached hydrogen (secondary N) is 2. The van der Waals surface area contributed by atoms with Gasteiger partial charge in [0.25, 0.3) is 11.8 Å². The maximum Gasteiger partial charge on any atom is 0.289 e. The van der Waals surface area contributed by atoms with Gasteiger partial charge < -0.3 is 20.0 Å². The summed E-state index contributed by atoms with van der Waals surface area (Å²) in [6.07, 6.45) is 2.73. The second-order valence-electron chi connectivity index (χ2n) is 8.57. The molecule has 7 nitrogen and oxygen atoms in total. The monoisotopic (exact) mass is 425 g/mol. The van der Waals surface area contributed by atoms with E-state index in [0.29, 0.717) is 49.7 Å². The van der Waals surface area contributed by atoms with E-state index < -0.39 is 6.04 Å². The molecule has 1 saturated heterocycles. The maximum absolute atomic E-state index is 13.0. The molecule has 2 heterocycles. The summed E-state index contributed by atoms with van der Waals surface area (Å²) in [5.41, 5.74) is 1.52. The number of amides is 3. The lowest BCUT2D eigenvalue weighted by molar-refractivity contribution is -0.124. The first-order chi connectivity index (χ1) is 14.8. The molecule has 1 atom stereocenters. The normalized spacial score (nSPS) is 15.5. The molecule has 1 aliphatic rings. The highest BCUT2D eigenvalue weighted by Gasteiger charge is 2.34. The SMILES string of the molecule is Cc1cccc(C(=O)NC(C(=O)NCC(C)C)C2CCN(C(=O)c3ccco3)CC2)c1.